The van der Waals surface area contributed by atoms with Crippen molar-refractivity contribution >= 4 is 24.0 Å². The van der Waals surface area contributed by atoms with Gasteiger partial charge < -0.3 is 49.3 Å². The summed E-state index contributed by atoms with van der Waals surface area (Å²) in [6, 6.07) is 6.56. The number of H-pyrrole nitrogens is 2. The predicted octanol–water partition coefficient (Wildman–Crippen LogP) is 6.16. The topological polar surface area (TPSA) is 193 Å². The lowest BCUT2D eigenvalue weighted by Gasteiger charge is -2.30. The fourth-order valence-corrected chi connectivity index (χ4v) is 8.20. The van der Waals surface area contributed by atoms with Gasteiger partial charge in [0.15, 0.2) is 0 Å². The number of hydrogen-bond acceptors (Lipinski definition) is 10. The van der Waals surface area contributed by atoms with Gasteiger partial charge in [-0.25, -0.2) is 23.9 Å². The van der Waals surface area contributed by atoms with Gasteiger partial charge in [0, 0.05) is 43.3 Å². The predicted molar refractivity (Wildman–Crippen MR) is 213 cm³/mol. The number of ether oxygens (including phenoxy) is 4. The summed E-state index contributed by atoms with van der Waals surface area (Å²) in [4.78, 5) is 70.9. The van der Waals surface area contributed by atoms with Gasteiger partial charge in [0.05, 0.1) is 56.2 Å². The second-order valence-corrected chi connectivity index (χ2v) is 15.3. The third kappa shape index (κ3) is 8.33. The number of nitrogens with one attached hydrogen (secondary N) is 4. The van der Waals surface area contributed by atoms with E-state index in [0.717, 1.165) is 36.1 Å². The van der Waals surface area contributed by atoms with E-state index in [9.17, 15) is 19.2 Å². The van der Waals surface area contributed by atoms with Crippen LogP contribution in [0.5, 0.6) is 11.5 Å². The van der Waals surface area contributed by atoms with Crippen LogP contribution in [0.3, 0.4) is 0 Å². The fraction of sp³-hybridized carbons (Fsp3) is 0.476. The Morgan fingerprint density at radius 2 is 1.41 bits per heavy atom. The molecule has 59 heavy (non-hydrogen) atoms. The van der Waals surface area contributed by atoms with Crippen molar-refractivity contribution in [2.75, 3.05) is 34.4 Å². The van der Waals surface area contributed by atoms with Crippen molar-refractivity contribution in [1.82, 2.24) is 40.4 Å². The second-order valence-electron chi connectivity index (χ2n) is 15.3. The number of nitrogens with zero attached hydrogens (tertiary/aromatic N) is 4. The van der Waals surface area contributed by atoms with Crippen molar-refractivity contribution in [3.8, 4) is 34.0 Å². The first kappa shape index (κ1) is 41.2. The van der Waals surface area contributed by atoms with Crippen molar-refractivity contribution in [1.29, 1.82) is 0 Å². The fourth-order valence-electron chi connectivity index (χ4n) is 8.20. The van der Waals surface area contributed by atoms with Gasteiger partial charge in [0.2, 0.25) is 11.8 Å². The highest BCUT2D eigenvalue weighted by Gasteiger charge is 2.40. The molecule has 4 N–H and O–H groups in total. The number of halogens is 1. The van der Waals surface area contributed by atoms with Crippen LogP contribution in [0.15, 0.2) is 42.7 Å². The summed E-state index contributed by atoms with van der Waals surface area (Å²) in [5, 5.41) is 5.31. The summed E-state index contributed by atoms with van der Waals surface area (Å²) >= 11 is 0. The summed E-state index contributed by atoms with van der Waals surface area (Å²) in [7, 11) is 3.97. The van der Waals surface area contributed by atoms with Crippen LogP contribution >= 0.6 is 0 Å². The molecule has 0 unspecified atom stereocenters. The van der Waals surface area contributed by atoms with Crippen LogP contribution in [0, 0.1) is 11.7 Å². The van der Waals surface area contributed by atoms with E-state index >= 15 is 4.39 Å². The van der Waals surface area contributed by atoms with E-state index in [1.807, 2.05) is 32.0 Å². The highest BCUT2D eigenvalue weighted by molar-refractivity contribution is 5.87. The van der Waals surface area contributed by atoms with Crippen molar-refractivity contribution in [2.24, 2.45) is 5.92 Å². The normalized spacial score (nSPS) is 19.2. The molecular formula is C42H51FN8O8. The van der Waals surface area contributed by atoms with Crippen LogP contribution in [0.4, 0.5) is 14.0 Å². The molecule has 0 radical (unpaired) electrons. The second kappa shape index (κ2) is 17.5. The Morgan fingerprint density at radius 3 is 2.02 bits per heavy atom. The van der Waals surface area contributed by atoms with Gasteiger partial charge in [-0.1, -0.05) is 20.3 Å². The third-order valence-electron chi connectivity index (χ3n) is 11.8. The van der Waals surface area contributed by atoms with E-state index in [-0.39, 0.29) is 29.3 Å². The number of benzene rings is 2. The minimum atomic E-state index is -0.972. The molecule has 7 rings (SSSR count). The zero-order chi connectivity index (χ0) is 42.0. The van der Waals surface area contributed by atoms with Crippen LogP contribution in [0.1, 0.15) is 87.7 Å². The molecule has 314 valence electrons. The van der Waals surface area contributed by atoms with Gasteiger partial charge in [0.25, 0.3) is 0 Å². The van der Waals surface area contributed by atoms with Gasteiger partial charge in [-0.15, -0.1) is 0 Å². The smallest absolute Gasteiger partial charge is 0.407 e. The maximum atomic E-state index is 15.9. The molecule has 4 amide bonds. The Morgan fingerprint density at radius 1 is 0.831 bits per heavy atom. The summed E-state index contributed by atoms with van der Waals surface area (Å²) in [5.74, 6) is 1.29. The number of fused-ring (bicyclic) bond motifs is 2. The molecule has 2 aromatic heterocycles. The molecular weight excluding hydrogens is 764 g/mol. The molecule has 2 fully saturated rings. The van der Waals surface area contributed by atoms with Gasteiger partial charge in [-0.3, -0.25) is 9.59 Å². The molecule has 0 bridgehead atoms. The van der Waals surface area contributed by atoms with Gasteiger partial charge in [-0.2, -0.15) is 0 Å². The average molecular weight is 815 g/mol. The number of carbonyl (C=O) groups is 4. The Labute approximate surface area is 341 Å². The van der Waals surface area contributed by atoms with Crippen LogP contribution in [0.25, 0.3) is 22.5 Å². The number of likely N-dealkylation sites (tertiary alicyclic amines) is 2. The average Bonchev–Trinajstić information content (AvgIpc) is 4.09. The summed E-state index contributed by atoms with van der Waals surface area (Å²) in [6.45, 7) is 6.61. The molecule has 3 aliphatic rings. The Bertz CT molecular complexity index is 2210. The van der Waals surface area contributed by atoms with E-state index < -0.39 is 42.2 Å². The summed E-state index contributed by atoms with van der Waals surface area (Å²) in [5.41, 5.74) is 3.90. The maximum absolute atomic E-state index is 15.9. The Hall–Kier alpha value is -5.97. The minimum absolute atomic E-state index is 0.0907. The lowest BCUT2D eigenvalue weighted by Crippen LogP contribution is -2.54. The molecule has 17 heteroatoms. The molecule has 0 spiro atoms. The van der Waals surface area contributed by atoms with Crippen LogP contribution < -0.4 is 15.4 Å². The summed E-state index contributed by atoms with van der Waals surface area (Å²) < 4.78 is 37.1. The lowest BCUT2D eigenvalue weighted by molar-refractivity contribution is -0.137. The molecule has 6 atom stereocenters. The van der Waals surface area contributed by atoms with E-state index in [1.165, 1.54) is 27.4 Å². The monoisotopic (exact) mass is 814 g/mol. The molecule has 2 saturated heterocycles. The number of aromatic nitrogens is 4. The zero-order valence-corrected chi connectivity index (χ0v) is 34.1. The Kier molecular flexibility index (Phi) is 12.2. The van der Waals surface area contributed by atoms with Crippen molar-refractivity contribution in [3.05, 3.63) is 71.3 Å². The molecule has 2 aromatic carbocycles. The minimum Gasteiger partial charge on any atom is -0.457 e. The first-order valence-corrected chi connectivity index (χ1v) is 20.0. The quantitative estimate of drug-likeness (QED) is 0.113. The van der Waals surface area contributed by atoms with E-state index in [0.29, 0.717) is 66.8 Å². The largest absolute Gasteiger partial charge is 0.457 e. The molecule has 3 aliphatic heterocycles. The van der Waals surface area contributed by atoms with E-state index in [1.54, 1.807) is 35.2 Å². The molecule has 16 nitrogen and oxygen atoms in total. The van der Waals surface area contributed by atoms with E-state index in [4.69, 9.17) is 18.9 Å². The summed E-state index contributed by atoms with van der Waals surface area (Å²) in [6.07, 6.45) is 5.32. The highest BCUT2D eigenvalue weighted by atomic mass is 19.1. The first-order chi connectivity index (χ1) is 28.4. The number of alkyl carbamates (subject to hydrolysis) is 2. The van der Waals surface area contributed by atoms with Gasteiger partial charge >= 0.3 is 12.2 Å². The maximum Gasteiger partial charge on any atom is 0.407 e. The van der Waals surface area contributed by atoms with Gasteiger partial charge in [-0.05, 0) is 74.4 Å². The zero-order valence-electron chi connectivity index (χ0n) is 34.1. The van der Waals surface area contributed by atoms with Crippen molar-refractivity contribution < 1.29 is 42.5 Å². The third-order valence-corrected chi connectivity index (χ3v) is 11.8. The lowest BCUT2D eigenvalue weighted by atomic mass is 9.96. The highest BCUT2D eigenvalue weighted by Crippen LogP contribution is 2.42. The number of rotatable bonds is 12. The van der Waals surface area contributed by atoms with E-state index in [2.05, 4.69) is 30.6 Å². The number of imidazole rings is 2. The molecule has 5 heterocycles. The SMILES string of the molecule is CC[C@H](C)[C@H](NC(=O)OC)C(=O)N1CCC[C@H]1c1ncc(-c2ccc3c(c2)Cc2cc(F)c(-c4cnc([C@@H]5CCCN5C(=O)[C@@H](NC(=O)OC)[C@@H](C)OC)[nH]4)cc2O3)[nH]1. The molecule has 4 aromatic rings. The van der Waals surface area contributed by atoms with Crippen LogP contribution in [0.2, 0.25) is 0 Å². The van der Waals surface area contributed by atoms with Crippen LogP contribution in [-0.2, 0) is 30.2 Å². The van der Waals surface area contributed by atoms with Crippen LogP contribution in [-0.4, -0.2) is 106 Å². The van der Waals surface area contributed by atoms with Crippen molar-refractivity contribution in [2.45, 2.75) is 89.6 Å². The Balaban J connectivity index is 1.06. The standard InChI is InChI=1S/C42H51FN8O8/c1-7-22(2)35(48-41(54)57-5)39(52)50-14-8-10-31(50)37-44-20-29(46-37)24-12-13-33-25(16-24)17-26-18-28(43)27(19-34(26)59-33)30-21-45-38(47-30)32-11-9-15-51(32)40(53)36(23(3)56-4)49-42(55)58-6/h12-13,16,18-23,31-32,35-36H,7-11,14-15,17H2,1-6H3,(H,44,46)(H,45,47)(H,48,54)(H,49,55)/t22-,23+,31-,32-,35-,36-/m0/s1. The number of aromatic amines is 2. The molecule has 0 saturated carbocycles. The van der Waals surface area contributed by atoms with Crippen molar-refractivity contribution in [3.63, 3.8) is 0 Å². The number of methoxy groups -OCH3 is 3. The number of hydrogen-bond donors (Lipinski definition) is 4. The number of amides is 4. The molecule has 0 aliphatic carbocycles. The number of carbonyl (C=O) groups excluding carboxylic acids is 4. The van der Waals surface area contributed by atoms with Gasteiger partial charge in [0.1, 0.15) is 41.0 Å². The first-order valence-electron chi connectivity index (χ1n) is 20.0.